The monoisotopic (exact) mass is 462 g/mol. The summed E-state index contributed by atoms with van der Waals surface area (Å²) in [6.07, 6.45) is 3.77. The van der Waals surface area contributed by atoms with E-state index in [9.17, 15) is 14.4 Å². The van der Waals surface area contributed by atoms with Gasteiger partial charge in [0.15, 0.2) is 0 Å². The van der Waals surface area contributed by atoms with Gasteiger partial charge in [-0.05, 0) is 53.9 Å². The van der Waals surface area contributed by atoms with Gasteiger partial charge in [0.1, 0.15) is 6.61 Å². The van der Waals surface area contributed by atoms with Crippen molar-refractivity contribution in [3.63, 3.8) is 0 Å². The Labute approximate surface area is 198 Å². The fourth-order valence-corrected chi connectivity index (χ4v) is 5.61. The van der Waals surface area contributed by atoms with Crippen LogP contribution in [0.15, 0.2) is 48.5 Å². The molecule has 5 rings (SSSR count). The number of carboxylic acid groups (broad SMARTS) is 1. The number of carbonyl (C=O) groups is 3. The summed E-state index contributed by atoms with van der Waals surface area (Å²) in [5, 5.41) is 15.0. The lowest BCUT2D eigenvalue weighted by molar-refractivity contribution is -0.138. The second-order valence-corrected chi connectivity index (χ2v) is 9.87. The molecule has 2 aromatic rings. The van der Waals surface area contributed by atoms with Crippen molar-refractivity contribution in [1.82, 2.24) is 10.6 Å². The fourth-order valence-electron chi connectivity index (χ4n) is 5.61. The van der Waals surface area contributed by atoms with E-state index in [0.29, 0.717) is 0 Å². The Morgan fingerprint density at radius 3 is 2.24 bits per heavy atom. The van der Waals surface area contributed by atoms with Crippen LogP contribution in [0.1, 0.15) is 62.0 Å². The zero-order valence-corrected chi connectivity index (χ0v) is 19.1. The van der Waals surface area contributed by atoms with Crippen molar-refractivity contribution in [1.29, 1.82) is 0 Å². The van der Waals surface area contributed by atoms with Gasteiger partial charge in [-0.1, -0.05) is 55.0 Å². The van der Waals surface area contributed by atoms with Crippen molar-refractivity contribution < 1.29 is 24.2 Å². The molecule has 34 heavy (non-hydrogen) atoms. The molecule has 7 nitrogen and oxygen atoms in total. The Hall–Kier alpha value is -3.35. The predicted octanol–water partition coefficient (Wildman–Crippen LogP) is 4.21. The standard InChI is InChI=1S/C27H30N2O5/c30-24(28-23-11-5-6-17(23)14-25(31)32)15-27(12-13-27)29-26(33)34-16-22-20-9-3-1-7-18(20)19-8-2-4-10-21(19)22/h1-4,7-10,17,22-23H,5-6,11-16H2,(H,28,30)(H,29,33)(H,31,32)/t17-,23+/m0/s1. The van der Waals surface area contributed by atoms with Gasteiger partial charge in [-0.25, -0.2) is 4.79 Å². The Bertz CT molecular complexity index is 1060. The SMILES string of the molecule is O=C(O)C[C@@H]1CCC[C@H]1NC(=O)CC1(NC(=O)OCC2c3ccccc3-c3ccccc32)CC1. The van der Waals surface area contributed by atoms with E-state index in [2.05, 4.69) is 34.9 Å². The maximum absolute atomic E-state index is 12.7. The summed E-state index contributed by atoms with van der Waals surface area (Å²) in [5.41, 5.74) is 4.10. The average molecular weight is 463 g/mol. The van der Waals surface area contributed by atoms with E-state index in [4.69, 9.17) is 9.84 Å². The summed E-state index contributed by atoms with van der Waals surface area (Å²) < 4.78 is 5.64. The molecule has 2 fully saturated rings. The molecule has 7 heteroatoms. The molecular weight excluding hydrogens is 432 g/mol. The van der Waals surface area contributed by atoms with Crippen molar-refractivity contribution >= 4 is 18.0 Å². The molecule has 0 spiro atoms. The van der Waals surface area contributed by atoms with E-state index in [-0.39, 0.29) is 43.2 Å². The molecule has 178 valence electrons. The molecule has 0 saturated heterocycles. The highest BCUT2D eigenvalue weighted by atomic mass is 16.5. The molecule has 2 amide bonds. The number of fused-ring (bicyclic) bond motifs is 3. The minimum Gasteiger partial charge on any atom is -0.481 e. The highest BCUT2D eigenvalue weighted by Gasteiger charge is 2.47. The molecular formula is C27H30N2O5. The lowest BCUT2D eigenvalue weighted by Gasteiger charge is -2.22. The summed E-state index contributed by atoms with van der Waals surface area (Å²) in [6, 6.07) is 16.3. The predicted molar refractivity (Wildman–Crippen MR) is 126 cm³/mol. The van der Waals surface area contributed by atoms with Crippen molar-refractivity contribution in [2.75, 3.05) is 6.61 Å². The van der Waals surface area contributed by atoms with Gasteiger partial charge in [-0.3, -0.25) is 9.59 Å². The molecule has 2 saturated carbocycles. The smallest absolute Gasteiger partial charge is 0.407 e. The average Bonchev–Trinajstić information content (AvgIpc) is 3.28. The van der Waals surface area contributed by atoms with Crippen LogP contribution in [0.2, 0.25) is 0 Å². The first-order chi connectivity index (χ1) is 16.4. The van der Waals surface area contributed by atoms with Crippen LogP contribution in [0.25, 0.3) is 11.1 Å². The first-order valence-electron chi connectivity index (χ1n) is 12.1. The lowest BCUT2D eigenvalue weighted by atomic mass is 9.98. The maximum atomic E-state index is 12.7. The molecule has 2 aromatic carbocycles. The van der Waals surface area contributed by atoms with Crippen molar-refractivity contribution in [2.45, 2.75) is 62.4 Å². The number of carboxylic acids is 1. The molecule has 3 aliphatic carbocycles. The molecule has 3 N–H and O–H groups in total. The third-order valence-corrected chi connectivity index (χ3v) is 7.51. The van der Waals surface area contributed by atoms with E-state index in [1.165, 1.54) is 11.1 Å². The van der Waals surface area contributed by atoms with Gasteiger partial charge in [-0.2, -0.15) is 0 Å². The van der Waals surface area contributed by atoms with Gasteiger partial charge >= 0.3 is 12.1 Å². The van der Waals surface area contributed by atoms with Crippen molar-refractivity contribution in [2.24, 2.45) is 5.92 Å². The van der Waals surface area contributed by atoms with Crippen LogP contribution in [0.3, 0.4) is 0 Å². The third-order valence-electron chi connectivity index (χ3n) is 7.51. The molecule has 0 heterocycles. The Kier molecular flexibility index (Phi) is 6.02. The summed E-state index contributed by atoms with van der Waals surface area (Å²) in [6.45, 7) is 0.237. The summed E-state index contributed by atoms with van der Waals surface area (Å²) >= 11 is 0. The number of hydrogen-bond donors (Lipinski definition) is 3. The zero-order chi connectivity index (χ0) is 23.7. The first-order valence-corrected chi connectivity index (χ1v) is 12.1. The van der Waals surface area contributed by atoms with E-state index < -0.39 is 17.6 Å². The fraction of sp³-hybridized carbons (Fsp3) is 0.444. The molecule has 2 atom stereocenters. The van der Waals surface area contributed by atoms with E-state index in [1.807, 2.05) is 24.3 Å². The lowest BCUT2D eigenvalue weighted by Crippen LogP contribution is -2.44. The van der Waals surface area contributed by atoms with Crippen LogP contribution >= 0.6 is 0 Å². The summed E-state index contributed by atoms with van der Waals surface area (Å²) in [7, 11) is 0. The molecule has 0 unspecified atom stereocenters. The van der Waals surface area contributed by atoms with Gasteiger partial charge in [0.2, 0.25) is 5.91 Å². The van der Waals surface area contributed by atoms with Crippen LogP contribution in [-0.2, 0) is 14.3 Å². The van der Waals surface area contributed by atoms with Gasteiger partial charge < -0.3 is 20.5 Å². The maximum Gasteiger partial charge on any atom is 0.407 e. The number of carbonyl (C=O) groups excluding carboxylic acids is 2. The first kappa shape index (κ1) is 22.4. The van der Waals surface area contributed by atoms with Gasteiger partial charge in [0.25, 0.3) is 0 Å². The Balaban J connectivity index is 1.15. The van der Waals surface area contributed by atoms with Crippen LogP contribution < -0.4 is 10.6 Å². The number of alkyl carbamates (subject to hydrolysis) is 1. The second kappa shape index (κ2) is 9.12. The van der Waals surface area contributed by atoms with Gasteiger partial charge in [0.05, 0.1) is 12.0 Å². The second-order valence-electron chi connectivity index (χ2n) is 9.87. The van der Waals surface area contributed by atoms with Crippen LogP contribution in [0.5, 0.6) is 0 Å². The number of aliphatic carboxylic acids is 1. The number of nitrogens with one attached hydrogen (secondary N) is 2. The molecule has 0 aromatic heterocycles. The quantitative estimate of drug-likeness (QED) is 0.545. The Morgan fingerprint density at radius 1 is 0.971 bits per heavy atom. The molecule has 3 aliphatic rings. The number of benzene rings is 2. The van der Waals surface area contributed by atoms with Crippen molar-refractivity contribution in [3.05, 3.63) is 59.7 Å². The molecule has 0 radical (unpaired) electrons. The highest BCUT2D eigenvalue weighted by Crippen LogP contribution is 2.45. The van der Waals surface area contributed by atoms with E-state index in [0.717, 1.165) is 43.2 Å². The largest absolute Gasteiger partial charge is 0.481 e. The van der Waals surface area contributed by atoms with Crippen molar-refractivity contribution in [3.8, 4) is 11.1 Å². The normalized spacial score (nSPS) is 21.9. The summed E-state index contributed by atoms with van der Waals surface area (Å²) in [5.74, 6) is -1.00. The number of ether oxygens (including phenoxy) is 1. The van der Waals surface area contributed by atoms with Crippen LogP contribution in [0, 0.1) is 5.92 Å². The Morgan fingerprint density at radius 2 is 1.62 bits per heavy atom. The topological polar surface area (TPSA) is 105 Å². The zero-order valence-electron chi connectivity index (χ0n) is 19.1. The van der Waals surface area contributed by atoms with Gasteiger partial charge in [-0.15, -0.1) is 0 Å². The van der Waals surface area contributed by atoms with Crippen LogP contribution in [-0.4, -0.2) is 41.3 Å². The third kappa shape index (κ3) is 4.65. The van der Waals surface area contributed by atoms with E-state index >= 15 is 0 Å². The molecule has 0 bridgehead atoms. The minimum absolute atomic E-state index is 0.00913. The van der Waals surface area contributed by atoms with Crippen LogP contribution in [0.4, 0.5) is 4.79 Å². The number of hydrogen-bond acceptors (Lipinski definition) is 4. The van der Waals surface area contributed by atoms with Gasteiger partial charge in [0, 0.05) is 18.4 Å². The number of amides is 2. The molecule has 0 aliphatic heterocycles. The minimum atomic E-state index is -0.832. The summed E-state index contributed by atoms with van der Waals surface area (Å²) in [4.78, 5) is 36.4. The highest BCUT2D eigenvalue weighted by molar-refractivity contribution is 5.81. The van der Waals surface area contributed by atoms with E-state index in [1.54, 1.807) is 0 Å². The number of rotatable bonds is 8.